The molecule has 5 nitrogen and oxygen atoms in total. The highest BCUT2D eigenvalue weighted by Gasteiger charge is 2.27. The molecule has 0 saturated heterocycles. The number of hydrogen-bond acceptors (Lipinski definition) is 3. The molecule has 1 amide bonds. The molecular weight excluding hydrogens is 322 g/mol. The van der Waals surface area contributed by atoms with Crippen LogP contribution in [0.5, 0.6) is 0 Å². The van der Waals surface area contributed by atoms with E-state index >= 15 is 0 Å². The van der Waals surface area contributed by atoms with Crippen molar-refractivity contribution in [3.8, 4) is 0 Å². The number of carbonyl (C=O) groups is 1. The predicted molar refractivity (Wildman–Crippen MR) is 98.5 cm³/mol. The number of hydrazine groups is 1. The molecule has 1 aliphatic carbocycles. The van der Waals surface area contributed by atoms with Gasteiger partial charge in [-0.05, 0) is 42.6 Å². The summed E-state index contributed by atoms with van der Waals surface area (Å²) in [6.45, 7) is 4.52. The smallest absolute Gasteiger partial charge is 0.305 e. The highest BCUT2D eigenvalue weighted by atomic mass is 32.1. The molecule has 3 N–H and O–H groups in total. The third-order valence-electron chi connectivity index (χ3n) is 4.96. The summed E-state index contributed by atoms with van der Waals surface area (Å²) in [4.78, 5) is 12.2. The van der Waals surface area contributed by atoms with Crippen LogP contribution < -0.4 is 16.2 Å². The number of benzene rings is 1. The molecule has 2 aromatic rings. The van der Waals surface area contributed by atoms with Crippen molar-refractivity contribution < 1.29 is 9.21 Å². The van der Waals surface area contributed by atoms with Gasteiger partial charge in [0.25, 0.3) is 0 Å². The monoisotopic (exact) mass is 345 g/mol. The molecule has 0 aliphatic heterocycles. The van der Waals surface area contributed by atoms with Gasteiger partial charge in [0, 0.05) is 11.4 Å². The third kappa shape index (κ3) is 3.70. The van der Waals surface area contributed by atoms with Crippen LogP contribution in [0.15, 0.2) is 34.7 Å². The quantitative estimate of drug-likeness (QED) is 0.575. The van der Waals surface area contributed by atoms with Gasteiger partial charge in [0.1, 0.15) is 5.58 Å². The van der Waals surface area contributed by atoms with Gasteiger partial charge < -0.3 is 9.73 Å². The minimum atomic E-state index is -0.347. The minimum Gasteiger partial charge on any atom is -0.451 e. The second-order valence-electron chi connectivity index (χ2n) is 6.57. The van der Waals surface area contributed by atoms with Crippen LogP contribution in [0, 0.1) is 11.8 Å². The van der Waals surface area contributed by atoms with E-state index in [4.69, 9.17) is 16.6 Å². The van der Waals surface area contributed by atoms with Gasteiger partial charge >= 0.3 is 5.91 Å². The summed E-state index contributed by atoms with van der Waals surface area (Å²) in [5.74, 6) is 1.15. The van der Waals surface area contributed by atoms with E-state index in [1.54, 1.807) is 6.07 Å². The van der Waals surface area contributed by atoms with Gasteiger partial charge in [-0.1, -0.05) is 44.9 Å². The normalized spacial score (nSPS) is 23.7. The highest BCUT2D eigenvalue weighted by Crippen LogP contribution is 2.29. The van der Waals surface area contributed by atoms with Gasteiger partial charge in [-0.3, -0.25) is 15.6 Å². The van der Waals surface area contributed by atoms with Gasteiger partial charge in [0.2, 0.25) is 0 Å². The minimum absolute atomic E-state index is 0.256. The summed E-state index contributed by atoms with van der Waals surface area (Å²) in [6, 6.07) is 9.57. The van der Waals surface area contributed by atoms with E-state index in [1.165, 1.54) is 12.8 Å². The Kier molecular flexibility index (Phi) is 5.04. The molecule has 6 heteroatoms. The molecule has 3 rings (SSSR count). The Morgan fingerprint density at radius 3 is 2.79 bits per heavy atom. The predicted octanol–water partition coefficient (Wildman–Crippen LogP) is 3.37. The summed E-state index contributed by atoms with van der Waals surface area (Å²) in [5, 5.41) is 4.64. The van der Waals surface area contributed by atoms with Gasteiger partial charge in [0.05, 0.1) is 0 Å². The summed E-state index contributed by atoms with van der Waals surface area (Å²) >= 11 is 5.29. The zero-order valence-electron chi connectivity index (χ0n) is 14.0. The van der Waals surface area contributed by atoms with Crippen LogP contribution in [-0.4, -0.2) is 17.1 Å². The molecule has 0 radical (unpaired) electrons. The van der Waals surface area contributed by atoms with Gasteiger partial charge in [0.15, 0.2) is 10.9 Å². The Labute approximate surface area is 147 Å². The first-order valence-corrected chi connectivity index (χ1v) is 8.81. The van der Waals surface area contributed by atoms with Crippen LogP contribution in [0.4, 0.5) is 0 Å². The number of thiocarbonyl (C=S) groups is 1. The van der Waals surface area contributed by atoms with Crippen LogP contribution in [0.25, 0.3) is 11.0 Å². The number of furan rings is 1. The number of hydrogen-bond donors (Lipinski definition) is 3. The van der Waals surface area contributed by atoms with Crippen molar-refractivity contribution in [1.82, 2.24) is 16.2 Å². The van der Waals surface area contributed by atoms with Crippen molar-refractivity contribution in [2.24, 2.45) is 11.8 Å². The van der Waals surface area contributed by atoms with Gasteiger partial charge in [-0.15, -0.1) is 0 Å². The number of rotatable bonds is 2. The summed E-state index contributed by atoms with van der Waals surface area (Å²) in [5.41, 5.74) is 6.05. The Balaban J connectivity index is 1.53. The molecule has 1 fully saturated rings. The largest absolute Gasteiger partial charge is 0.451 e. The SMILES string of the molecule is C[C@@H]1[C@@H](C)CCC[C@H]1NC(=S)NNC(=O)c1cc2ccccc2o1. The van der Waals surface area contributed by atoms with Crippen LogP contribution in [0.2, 0.25) is 0 Å². The number of para-hydroxylation sites is 1. The number of nitrogens with one attached hydrogen (secondary N) is 3. The van der Waals surface area contributed by atoms with E-state index in [0.29, 0.717) is 28.6 Å². The number of carbonyl (C=O) groups excluding carboxylic acids is 1. The van der Waals surface area contributed by atoms with Crippen molar-refractivity contribution in [2.75, 3.05) is 0 Å². The molecule has 3 atom stereocenters. The van der Waals surface area contributed by atoms with Crippen molar-refractivity contribution in [1.29, 1.82) is 0 Å². The molecule has 24 heavy (non-hydrogen) atoms. The first-order chi connectivity index (χ1) is 11.5. The first kappa shape index (κ1) is 16.8. The summed E-state index contributed by atoms with van der Waals surface area (Å²) < 4.78 is 5.53. The fraction of sp³-hybridized carbons (Fsp3) is 0.444. The summed E-state index contributed by atoms with van der Waals surface area (Å²) in [6.07, 6.45) is 3.57. The Hall–Kier alpha value is -2.08. The Bertz CT molecular complexity index is 710. The maximum atomic E-state index is 12.2. The zero-order valence-corrected chi connectivity index (χ0v) is 14.8. The molecule has 0 unspecified atom stereocenters. The average molecular weight is 345 g/mol. The first-order valence-electron chi connectivity index (χ1n) is 8.40. The molecule has 1 aromatic carbocycles. The lowest BCUT2D eigenvalue weighted by atomic mass is 9.78. The standard InChI is InChI=1S/C18H23N3O2S/c1-11-6-5-8-14(12(11)2)19-18(24)21-20-17(22)16-10-13-7-3-4-9-15(13)23-16/h3-4,7,9-12,14H,5-6,8H2,1-2H3,(H,20,22)(H2,19,21,24)/t11-,12+,14+/m0/s1. The Morgan fingerprint density at radius 2 is 2.00 bits per heavy atom. The van der Waals surface area contributed by atoms with Crippen LogP contribution in [0.3, 0.4) is 0 Å². The molecule has 1 aliphatic rings. The van der Waals surface area contributed by atoms with Crippen molar-refractivity contribution >= 4 is 34.2 Å². The lowest BCUT2D eigenvalue weighted by Crippen LogP contribution is -2.52. The second-order valence-corrected chi connectivity index (χ2v) is 6.98. The maximum absolute atomic E-state index is 12.2. The lowest BCUT2D eigenvalue weighted by molar-refractivity contribution is 0.0917. The summed E-state index contributed by atoms with van der Waals surface area (Å²) in [7, 11) is 0. The van der Waals surface area contributed by atoms with Crippen LogP contribution in [0.1, 0.15) is 43.7 Å². The van der Waals surface area contributed by atoms with E-state index in [0.717, 1.165) is 11.8 Å². The third-order valence-corrected chi connectivity index (χ3v) is 5.18. The fourth-order valence-corrected chi connectivity index (χ4v) is 3.46. The molecular formula is C18H23N3O2S. The highest BCUT2D eigenvalue weighted by molar-refractivity contribution is 7.80. The van der Waals surface area contributed by atoms with Crippen molar-refractivity contribution in [3.63, 3.8) is 0 Å². The van der Waals surface area contributed by atoms with Gasteiger partial charge in [-0.25, -0.2) is 0 Å². The topological polar surface area (TPSA) is 66.3 Å². The molecule has 1 heterocycles. The van der Waals surface area contributed by atoms with E-state index in [2.05, 4.69) is 30.0 Å². The van der Waals surface area contributed by atoms with E-state index in [9.17, 15) is 4.79 Å². The number of fused-ring (bicyclic) bond motifs is 1. The van der Waals surface area contributed by atoms with E-state index in [1.807, 2.05) is 24.3 Å². The molecule has 128 valence electrons. The maximum Gasteiger partial charge on any atom is 0.305 e. The average Bonchev–Trinajstić information content (AvgIpc) is 3.01. The lowest BCUT2D eigenvalue weighted by Gasteiger charge is -2.35. The molecule has 1 aromatic heterocycles. The molecule has 0 spiro atoms. The van der Waals surface area contributed by atoms with E-state index < -0.39 is 0 Å². The second kappa shape index (κ2) is 7.21. The van der Waals surface area contributed by atoms with Crippen molar-refractivity contribution in [2.45, 2.75) is 39.2 Å². The molecule has 1 saturated carbocycles. The van der Waals surface area contributed by atoms with Crippen LogP contribution >= 0.6 is 12.2 Å². The van der Waals surface area contributed by atoms with Gasteiger partial charge in [-0.2, -0.15) is 0 Å². The van der Waals surface area contributed by atoms with E-state index in [-0.39, 0.29) is 11.7 Å². The molecule has 0 bridgehead atoms. The van der Waals surface area contributed by atoms with Crippen LogP contribution in [-0.2, 0) is 0 Å². The number of amides is 1. The van der Waals surface area contributed by atoms with Crippen molar-refractivity contribution in [3.05, 3.63) is 36.1 Å². The fourth-order valence-electron chi connectivity index (χ4n) is 3.26. The Morgan fingerprint density at radius 1 is 1.21 bits per heavy atom. The zero-order chi connectivity index (χ0) is 17.1.